The van der Waals surface area contributed by atoms with Gasteiger partial charge in [0.15, 0.2) is 5.96 Å². The van der Waals surface area contributed by atoms with Crippen molar-refractivity contribution >= 4 is 28.5 Å². The summed E-state index contributed by atoms with van der Waals surface area (Å²) in [6, 6.07) is 15.2. The summed E-state index contributed by atoms with van der Waals surface area (Å²) < 4.78 is 7.76. The van der Waals surface area contributed by atoms with E-state index < -0.39 is 0 Å². The number of hydrogen-bond donors (Lipinski definition) is 1. The monoisotopic (exact) mass is 423 g/mol. The van der Waals surface area contributed by atoms with Crippen molar-refractivity contribution in [1.82, 2.24) is 20.0 Å². The van der Waals surface area contributed by atoms with E-state index in [2.05, 4.69) is 62.8 Å². The molecule has 1 aliphatic rings. The molecule has 0 amide bonds. The molecule has 1 N–H and O–H groups in total. The van der Waals surface area contributed by atoms with Crippen LogP contribution >= 0.6 is 11.8 Å². The maximum atomic E-state index is 5.95. The second-order valence-corrected chi connectivity index (χ2v) is 8.52. The summed E-state index contributed by atoms with van der Waals surface area (Å²) in [7, 11) is 3.78. The van der Waals surface area contributed by atoms with Crippen LogP contribution < -0.4 is 5.32 Å². The van der Waals surface area contributed by atoms with E-state index in [-0.39, 0.29) is 6.10 Å². The number of fused-ring (bicyclic) bond motifs is 1. The number of nitrogens with zero attached hydrogens (tertiary/aromatic N) is 4. The van der Waals surface area contributed by atoms with Crippen molar-refractivity contribution in [2.75, 3.05) is 39.0 Å². The van der Waals surface area contributed by atoms with Gasteiger partial charge in [-0.1, -0.05) is 42.5 Å². The highest BCUT2D eigenvalue weighted by Crippen LogP contribution is 2.23. The van der Waals surface area contributed by atoms with Crippen LogP contribution in [-0.2, 0) is 17.5 Å². The van der Waals surface area contributed by atoms with E-state index in [0.717, 1.165) is 42.7 Å². The lowest BCUT2D eigenvalue weighted by Crippen LogP contribution is -2.48. The van der Waals surface area contributed by atoms with Gasteiger partial charge in [0, 0.05) is 50.5 Å². The van der Waals surface area contributed by atoms with Gasteiger partial charge in [-0.05, 0) is 16.3 Å². The van der Waals surface area contributed by atoms with E-state index in [0.29, 0.717) is 6.61 Å². The van der Waals surface area contributed by atoms with Crippen LogP contribution in [0.1, 0.15) is 17.2 Å². The number of aryl methyl sites for hydroxylation is 1. The van der Waals surface area contributed by atoms with Crippen molar-refractivity contribution in [3.8, 4) is 0 Å². The lowest BCUT2D eigenvalue weighted by molar-refractivity contribution is -0.00798. The van der Waals surface area contributed by atoms with Gasteiger partial charge in [-0.15, -0.1) is 0 Å². The number of rotatable bonds is 6. The smallest absolute Gasteiger partial charge is 0.193 e. The highest BCUT2D eigenvalue weighted by atomic mass is 32.2. The molecule has 0 spiro atoms. The van der Waals surface area contributed by atoms with Gasteiger partial charge < -0.3 is 15.0 Å². The normalized spacial score (nSPS) is 17.5. The largest absolute Gasteiger partial charge is 0.370 e. The molecule has 7 heteroatoms. The van der Waals surface area contributed by atoms with Crippen molar-refractivity contribution in [3.63, 3.8) is 0 Å². The minimum atomic E-state index is 0.0340. The zero-order valence-electron chi connectivity index (χ0n) is 17.6. The number of aliphatic imine (C=N–C) groups is 1. The lowest BCUT2D eigenvalue weighted by Gasteiger charge is -2.34. The number of ether oxygens (including phenoxy) is 1. The molecule has 0 aliphatic carbocycles. The van der Waals surface area contributed by atoms with Crippen LogP contribution in [0.15, 0.2) is 59.9 Å². The van der Waals surface area contributed by atoms with E-state index in [4.69, 9.17) is 4.74 Å². The number of morpholine rings is 1. The van der Waals surface area contributed by atoms with Gasteiger partial charge in [0.2, 0.25) is 0 Å². The Balaban J connectivity index is 1.25. The van der Waals surface area contributed by atoms with Gasteiger partial charge in [-0.2, -0.15) is 16.9 Å². The van der Waals surface area contributed by atoms with Crippen molar-refractivity contribution < 1.29 is 4.74 Å². The molecular weight excluding hydrogens is 394 g/mol. The number of thioether (sulfide) groups is 1. The molecule has 30 heavy (non-hydrogen) atoms. The molecule has 3 aromatic rings. The topological polar surface area (TPSA) is 54.7 Å². The van der Waals surface area contributed by atoms with Crippen LogP contribution in [-0.4, -0.2) is 59.7 Å². The maximum absolute atomic E-state index is 5.95. The Morgan fingerprint density at radius 2 is 2.13 bits per heavy atom. The zero-order valence-corrected chi connectivity index (χ0v) is 18.4. The molecule has 1 unspecified atom stereocenters. The molecule has 1 fully saturated rings. The Morgan fingerprint density at radius 3 is 2.97 bits per heavy atom. The highest BCUT2D eigenvalue weighted by Gasteiger charge is 2.24. The summed E-state index contributed by atoms with van der Waals surface area (Å²) in [5.74, 6) is 2.99. The van der Waals surface area contributed by atoms with Crippen LogP contribution in [0.4, 0.5) is 0 Å². The van der Waals surface area contributed by atoms with Gasteiger partial charge in [0.25, 0.3) is 0 Å². The molecule has 1 aliphatic heterocycles. The molecule has 4 rings (SSSR count). The quantitative estimate of drug-likeness (QED) is 0.374. The van der Waals surface area contributed by atoms with Crippen LogP contribution in [0.2, 0.25) is 0 Å². The number of guanidine groups is 1. The summed E-state index contributed by atoms with van der Waals surface area (Å²) in [4.78, 5) is 6.76. The highest BCUT2D eigenvalue weighted by molar-refractivity contribution is 7.98. The summed E-state index contributed by atoms with van der Waals surface area (Å²) in [6.07, 6.45) is 3.94. The summed E-state index contributed by atoms with van der Waals surface area (Å²) in [6.45, 7) is 3.21. The van der Waals surface area contributed by atoms with Gasteiger partial charge in [0.05, 0.1) is 19.3 Å². The average Bonchev–Trinajstić information content (AvgIpc) is 3.23. The first-order valence-corrected chi connectivity index (χ1v) is 11.5. The molecule has 6 nitrogen and oxygen atoms in total. The Morgan fingerprint density at radius 1 is 1.27 bits per heavy atom. The number of nitrogens with one attached hydrogen (secondary N) is 1. The predicted octanol–water partition coefficient (Wildman–Crippen LogP) is 3.46. The minimum Gasteiger partial charge on any atom is -0.370 e. The van der Waals surface area contributed by atoms with E-state index in [1.165, 1.54) is 16.3 Å². The third-order valence-electron chi connectivity index (χ3n) is 5.34. The van der Waals surface area contributed by atoms with E-state index >= 15 is 0 Å². The molecule has 2 heterocycles. The first-order valence-electron chi connectivity index (χ1n) is 10.3. The standard InChI is InChI=1S/C23H29N5OS/c1-24-23(28-11-12-29-22(16-28)20-14-26-27(2)15-20)25-10-13-30-17-19-8-5-7-18-6-3-4-9-21(18)19/h3-9,14-15,22H,10-13,16-17H2,1-2H3,(H,24,25). The molecule has 1 saturated heterocycles. The Hall–Kier alpha value is -2.51. The van der Waals surface area contributed by atoms with Gasteiger partial charge >= 0.3 is 0 Å². The van der Waals surface area contributed by atoms with Crippen molar-refractivity contribution in [3.05, 3.63) is 66.0 Å². The molecule has 158 valence electrons. The number of benzene rings is 2. The SMILES string of the molecule is CN=C(NCCSCc1cccc2ccccc12)N1CCOC(c2cnn(C)c2)C1. The molecule has 0 saturated carbocycles. The summed E-state index contributed by atoms with van der Waals surface area (Å²) in [5.41, 5.74) is 2.51. The first-order chi connectivity index (χ1) is 14.7. The van der Waals surface area contributed by atoms with Crippen molar-refractivity contribution in [2.24, 2.45) is 12.0 Å². The fraction of sp³-hybridized carbons (Fsp3) is 0.391. The van der Waals surface area contributed by atoms with Crippen LogP contribution in [0, 0.1) is 0 Å². The van der Waals surface area contributed by atoms with Gasteiger partial charge in [0.1, 0.15) is 6.10 Å². The van der Waals surface area contributed by atoms with Crippen molar-refractivity contribution in [2.45, 2.75) is 11.9 Å². The fourth-order valence-electron chi connectivity index (χ4n) is 3.82. The second kappa shape index (κ2) is 10.00. The van der Waals surface area contributed by atoms with Crippen LogP contribution in [0.25, 0.3) is 10.8 Å². The fourth-order valence-corrected chi connectivity index (χ4v) is 4.68. The molecule has 2 aromatic carbocycles. The minimum absolute atomic E-state index is 0.0340. The second-order valence-electron chi connectivity index (χ2n) is 7.42. The van der Waals surface area contributed by atoms with Crippen LogP contribution in [0.5, 0.6) is 0 Å². The van der Waals surface area contributed by atoms with E-state index in [1.807, 2.05) is 42.9 Å². The van der Waals surface area contributed by atoms with E-state index in [9.17, 15) is 0 Å². The molecule has 1 atom stereocenters. The van der Waals surface area contributed by atoms with Crippen LogP contribution in [0.3, 0.4) is 0 Å². The zero-order chi connectivity index (χ0) is 20.8. The van der Waals surface area contributed by atoms with Gasteiger partial charge in [-0.3, -0.25) is 9.67 Å². The Kier molecular flexibility index (Phi) is 6.92. The third-order valence-corrected chi connectivity index (χ3v) is 6.35. The third kappa shape index (κ3) is 4.96. The molecule has 0 bridgehead atoms. The van der Waals surface area contributed by atoms with Crippen molar-refractivity contribution in [1.29, 1.82) is 0 Å². The van der Waals surface area contributed by atoms with E-state index in [1.54, 1.807) is 0 Å². The molecule has 1 aromatic heterocycles. The number of hydrogen-bond acceptors (Lipinski definition) is 4. The summed E-state index contributed by atoms with van der Waals surface area (Å²) >= 11 is 1.95. The summed E-state index contributed by atoms with van der Waals surface area (Å²) in [5, 5.41) is 10.4. The number of aromatic nitrogens is 2. The lowest BCUT2D eigenvalue weighted by atomic mass is 10.1. The average molecular weight is 424 g/mol. The first kappa shape index (κ1) is 20.8. The molecule has 0 radical (unpaired) electrons. The maximum Gasteiger partial charge on any atom is 0.193 e. The Bertz CT molecular complexity index is 997. The molecular formula is C23H29N5OS. The van der Waals surface area contributed by atoms with Gasteiger partial charge in [-0.25, -0.2) is 0 Å². The Labute approximate surface area is 182 Å². The predicted molar refractivity (Wildman–Crippen MR) is 125 cm³/mol.